The van der Waals surface area contributed by atoms with Crippen LogP contribution in [0.3, 0.4) is 0 Å². The molecule has 0 aliphatic heterocycles. The Hall–Kier alpha value is -1.90. The molecular weight excluding hydrogens is 341 g/mol. The quantitative estimate of drug-likeness (QED) is 0.525. The molecule has 0 fully saturated rings. The number of nitrogens with zero attached hydrogens (tertiary/aromatic N) is 1. The molecule has 0 aliphatic carbocycles. The van der Waals surface area contributed by atoms with Gasteiger partial charge in [-0.15, -0.1) is 0 Å². The number of pyridine rings is 1. The maximum Gasteiger partial charge on any atom is 0.253 e. The molecule has 0 amide bonds. The lowest BCUT2D eigenvalue weighted by Gasteiger charge is -2.09. The van der Waals surface area contributed by atoms with Crippen LogP contribution in [-0.2, 0) is 6.42 Å². The van der Waals surface area contributed by atoms with Crippen molar-refractivity contribution in [3.63, 3.8) is 0 Å². The standard InChI is InChI=1S/C20H17Cl2NO/c1-12(2)9-13-3-5-14(6-4-13)19-11-17(20(22)24)16-10-15(21)7-8-18(16)23-19/h3-8,10-12H,9H2,1-2H3. The van der Waals surface area contributed by atoms with Gasteiger partial charge in [-0.25, -0.2) is 4.98 Å². The third-order valence-electron chi connectivity index (χ3n) is 3.88. The average Bonchev–Trinajstić information content (AvgIpc) is 2.54. The van der Waals surface area contributed by atoms with Gasteiger partial charge in [0.15, 0.2) is 0 Å². The van der Waals surface area contributed by atoms with Gasteiger partial charge in [-0.1, -0.05) is 49.7 Å². The van der Waals surface area contributed by atoms with E-state index in [1.807, 2.05) is 12.1 Å². The molecule has 1 heterocycles. The lowest BCUT2D eigenvalue weighted by molar-refractivity contribution is 0.108. The predicted octanol–water partition coefficient (Wildman–Crippen LogP) is 6.13. The van der Waals surface area contributed by atoms with E-state index in [1.165, 1.54) is 5.56 Å². The zero-order valence-electron chi connectivity index (χ0n) is 13.5. The second kappa shape index (κ2) is 6.92. The number of carbonyl (C=O) groups is 1. The van der Waals surface area contributed by atoms with Crippen molar-refractivity contribution in [3.8, 4) is 11.3 Å². The van der Waals surface area contributed by atoms with Crippen LogP contribution in [0, 0.1) is 5.92 Å². The van der Waals surface area contributed by atoms with Crippen molar-refractivity contribution in [2.75, 3.05) is 0 Å². The SMILES string of the molecule is CC(C)Cc1ccc(-c2cc(C(=O)Cl)c3cc(Cl)ccc3n2)cc1. The van der Waals surface area contributed by atoms with Gasteiger partial charge in [0.2, 0.25) is 0 Å². The van der Waals surface area contributed by atoms with Gasteiger partial charge in [0.25, 0.3) is 5.24 Å². The fraction of sp³-hybridized carbons (Fsp3) is 0.200. The van der Waals surface area contributed by atoms with Crippen molar-refractivity contribution in [1.82, 2.24) is 4.98 Å². The lowest BCUT2D eigenvalue weighted by Crippen LogP contribution is -1.97. The maximum absolute atomic E-state index is 11.8. The molecule has 0 N–H and O–H groups in total. The van der Waals surface area contributed by atoms with Crippen LogP contribution < -0.4 is 0 Å². The van der Waals surface area contributed by atoms with E-state index in [0.717, 1.165) is 17.7 Å². The molecule has 122 valence electrons. The number of halogens is 2. The van der Waals surface area contributed by atoms with Gasteiger partial charge in [0.05, 0.1) is 11.2 Å². The zero-order chi connectivity index (χ0) is 17.3. The highest BCUT2D eigenvalue weighted by atomic mass is 35.5. The van der Waals surface area contributed by atoms with Crippen molar-refractivity contribution in [2.24, 2.45) is 5.92 Å². The molecule has 4 heteroatoms. The minimum atomic E-state index is -0.512. The van der Waals surface area contributed by atoms with E-state index < -0.39 is 5.24 Å². The molecular formula is C20H17Cl2NO. The Morgan fingerprint density at radius 3 is 2.42 bits per heavy atom. The van der Waals surface area contributed by atoms with Crippen molar-refractivity contribution in [2.45, 2.75) is 20.3 Å². The monoisotopic (exact) mass is 357 g/mol. The molecule has 0 aliphatic rings. The van der Waals surface area contributed by atoms with Crippen LogP contribution in [0.4, 0.5) is 0 Å². The van der Waals surface area contributed by atoms with Crippen LogP contribution in [0.25, 0.3) is 22.2 Å². The Morgan fingerprint density at radius 2 is 1.79 bits per heavy atom. The van der Waals surface area contributed by atoms with E-state index in [-0.39, 0.29) is 0 Å². The summed E-state index contributed by atoms with van der Waals surface area (Å²) in [5.41, 5.74) is 4.09. The van der Waals surface area contributed by atoms with Gasteiger partial charge in [0, 0.05) is 21.5 Å². The summed E-state index contributed by atoms with van der Waals surface area (Å²) in [5, 5.41) is 0.708. The molecule has 0 saturated heterocycles. The highest BCUT2D eigenvalue weighted by Crippen LogP contribution is 2.28. The van der Waals surface area contributed by atoms with Gasteiger partial charge >= 0.3 is 0 Å². The van der Waals surface area contributed by atoms with E-state index in [9.17, 15) is 4.79 Å². The van der Waals surface area contributed by atoms with E-state index in [2.05, 4.69) is 31.0 Å². The lowest BCUT2D eigenvalue weighted by atomic mass is 10.00. The van der Waals surface area contributed by atoms with Crippen LogP contribution in [0.5, 0.6) is 0 Å². The highest BCUT2D eigenvalue weighted by molar-refractivity contribution is 6.68. The normalized spacial score (nSPS) is 11.2. The van der Waals surface area contributed by atoms with Crippen molar-refractivity contribution in [3.05, 3.63) is 64.7 Å². The molecule has 24 heavy (non-hydrogen) atoms. The van der Waals surface area contributed by atoms with Crippen molar-refractivity contribution < 1.29 is 4.79 Å². The molecule has 2 nitrogen and oxygen atoms in total. The Labute approximate surface area is 151 Å². The molecule has 0 spiro atoms. The highest BCUT2D eigenvalue weighted by Gasteiger charge is 2.13. The molecule has 2 aromatic carbocycles. The van der Waals surface area contributed by atoms with E-state index in [1.54, 1.807) is 24.3 Å². The number of rotatable bonds is 4. The summed E-state index contributed by atoms with van der Waals surface area (Å²) < 4.78 is 0. The number of aromatic nitrogens is 1. The summed E-state index contributed by atoms with van der Waals surface area (Å²) >= 11 is 11.8. The topological polar surface area (TPSA) is 30.0 Å². The smallest absolute Gasteiger partial charge is 0.253 e. The molecule has 0 radical (unpaired) electrons. The third-order valence-corrected chi connectivity index (χ3v) is 4.31. The number of hydrogen-bond acceptors (Lipinski definition) is 2. The van der Waals surface area contributed by atoms with Crippen LogP contribution in [-0.4, -0.2) is 10.2 Å². The van der Waals surface area contributed by atoms with Crippen molar-refractivity contribution >= 4 is 39.3 Å². The number of benzene rings is 2. The van der Waals surface area contributed by atoms with E-state index >= 15 is 0 Å². The predicted molar refractivity (Wildman–Crippen MR) is 101 cm³/mol. The van der Waals surface area contributed by atoms with E-state index in [0.29, 0.717) is 27.4 Å². The van der Waals surface area contributed by atoms with Crippen LogP contribution in [0.2, 0.25) is 5.02 Å². The zero-order valence-corrected chi connectivity index (χ0v) is 15.0. The van der Waals surface area contributed by atoms with Gasteiger partial charge in [-0.3, -0.25) is 4.79 Å². The summed E-state index contributed by atoms with van der Waals surface area (Å²) in [6, 6.07) is 15.3. The molecule has 1 aromatic heterocycles. The van der Waals surface area contributed by atoms with Crippen LogP contribution in [0.1, 0.15) is 29.8 Å². The third kappa shape index (κ3) is 3.61. The maximum atomic E-state index is 11.8. The number of carbonyl (C=O) groups excluding carboxylic acids is 1. The second-order valence-electron chi connectivity index (χ2n) is 6.29. The summed E-state index contributed by atoms with van der Waals surface area (Å²) in [4.78, 5) is 16.5. The van der Waals surface area contributed by atoms with Crippen molar-refractivity contribution in [1.29, 1.82) is 0 Å². The molecule has 0 atom stereocenters. The summed E-state index contributed by atoms with van der Waals surface area (Å²) in [7, 11) is 0. The molecule has 3 rings (SSSR count). The summed E-state index contributed by atoms with van der Waals surface area (Å²) in [6.07, 6.45) is 1.04. The molecule has 0 saturated carbocycles. The number of fused-ring (bicyclic) bond motifs is 1. The first-order valence-electron chi connectivity index (χ1n) is 7.83. The average molecular weight is 358 g/mol. The fourth-order valence-corrected chi connectivity index (χ4v) is 3.12. The fourth-order valence-electron chi connectivity index (χ4n) is 2.79. The minimum absolute atomic E-state index is 0.422. The molecule has 0 bridgehead atoms. The van der Waals surface area contributed by atoms with Gasteiger partial charge in [-0.2, -0.15) is 0 Å². The first-order chi connectivity index (χ1) is 11.4. The molecule has 0 unspecified atom stereocenters. The number of hydrogen-bond donors (Lipinski definition) is 0. The van der Waals surface area contributed by atoms with Gasteiger partial charge in [0.1, 0.15) is 0 Å². The Morgan fingerprint density at radius 1 is 1.08 bits per heavy atom. The largest absolute Gasteiger partial charge is 0.276 e. The van der Waals surface area contributed by atoms with Crippen LogP contribution >= 0.6 is 23.2 Å². The van der Waals surface area contributed by atoms with E-state index in [4.69, 9.17) is 23.2 Å². The Kier molecular flexibility index (Phi) is 4.88. The minimum Gasteiger partial charge on any atom is -0.276 e. The molecule has 3 aromatic rings. The van der Waals surface area contributed by atoms with Gasteiger partial charge in [-0.05, 0) is 53.8 Å². The first-order valence-corrected chi connectivity index (χ1v) is 8.59. The Bertz CT molecular complexity index is 901. The first kappa shape index (κ1) is 16.9. The van der Waals surface area contributed by atoms with Crippen LogP contribution in [0.15, 0.2) is 48.5 Å². The van der Waals surface area contributed by atoms with Gasteiger partial charge < -0.3 is 0 Å². The summed E-state index contributed by atoms with van der Waals surface area (Å²) in [5.74, 6) is 0.611. The second-order valence-corrected chi connectivity index (χ2v) is 7.06. The Balaban J connectivity index is 2.09. The summed E-state index contributed by atoms with van der Waals surface area (Å²) in [6.45, 7) is 4.39.